The number of rotatable bonds is 7. The predicted octanol–water partition coefficient (Wildman–Crippen LogP) is 12.9. The molecular formula is C49H35N. The fraction of sp³-hybridized carbons (Fsp3) is 0.0204. The summed E-state index contributed by atoms with van der Waals surface area (Å²) in [4.78, 5) is 2.34. The largest absolute Gasteiger partial charge is 0.311 e. The van der Waals surface area contributed by atoms with Gasteiger partial charge in [-0.2, -0.15) is 0 Å². The Balaban J connectivity index is 1.19. The molecule has 0 fully saturated rings. The molecule has 1 aliphatic rings. The maximum Gasteiger partial charge on any atom is 0.0713 e. The molecule has 0 aromatic heterocycles. The lowest BCUT2D eigenvalue weighted by Crippen LogP contribution is -2.28. The van der Waals surface area contributed by atoms with Crippen molar-refractivity contribution in [2.45, 2.75) is 5.41 Å². The molecule has 1 heteroatoms. The molecule has 8 aromatic rings. The van der Waals surface area contributed by atoms with Crippen molar-refractivity contribution in [3.05, 3.63) is 235 Å². The van der Waals surface area contributed by atoms with Gasteiger partial charge in [0.15, 0.2) is 0 Å². The average Bonchev–Trinajstić information content (AvgIpc) is 3.51. The summed E-state index contributed by atoms with van der Waals surface area (Å²) in [7, 11) is 0. The minimum Gasteiger partial charge on any atom is -0.311 e. The van der Waals surface area contributed by atoms with Crippen molar-refractivity contribution >= 4 is 17.1 Å². The molecule has 1 nitrogen and oxygen atoms in total. The van der Waals surface area contributed by atoms with Crippen LogP contribution in [0.25, 0.3) is 33.4 Å². The van der Waals surface area contributed by atoms with Crippen molar-refractivity contribution < 1.29 is 0 Å². The van der Waals surface area contributed by atoms with E-state index in [1.54, 1.807) is 0 Å². The Bertz CT molecular complexity index is 2330. The fourth-order valence-corrected chi connectivity index (χ4v) is 7.89. The van der Waals surface area contributed by atoms with Gasteiger partial charge in [-0.3, -0.25) is 0 Å². The average molecular weight is 638 g/mol. The third-order valence-corrected chi connectivity index (χ3v) is 10.2. The van der Waals surface area contributed by atoms with E-state index in [1.807, 2.05) is 0 Å². The first-order valence-electron chi connectivity index (χ1n) is 17.3. The third-order valence-electron chi connectivity index (χ3n) is 10.2. The minimum absolute atomic E-state index is 0.462. The standard InChI is InChI=1S/C49H35N/c1-4-14-36(15-5-1)38-24-28-40(29-25-38)49(47-22-12-10-20-45(47)46-21-11-13-23-48(46)49)41-30-34-44(35-31-41)50(42-18-8-3-9-19-42)43-32-26-39(27-33-43)37-16-6-2-7-17-37/h1-35H. The molecule has 0 bridgehead atoms. The van der Waals surface area contributed by atoms with Crippen molar-refractivity contribution in [3.63, 3.8) is 0 Å². The van der Waals surface area contributed by atoms with Gasteiger partial charge in [0.2, 0.25) is 0 Å². The Kier molecular flexibility index (Phi) is 7.44. The molecule has 0 atom stereocenters. The topological polar surface area (TPSA) is 3.24 Å². The van der Waals surface area contributed by atoms with Gasteiger partial charge in [0.05, 0.1) is 5.41 Å². The molecular weight excluding hydrogens is 603 g/mol. The summed E-state index contributed by atoms with van der Waals surface area (Å²) in [6.07, 6.45) is 0. The summed E-state index contributed by atoms with van der Waals surface area (Å²) in [5.41, 5.74) is 15.5. The molecule has 0 radical (unpaired) electrons. The SMILES string of the molecule is c1ccc(-c2ccc(N(c3ccccc3)c3ccc(C4(c5ccc(-c6ccccc6)cc5)c5ccccc5-c5ccccc54)cc3)cc2)cc1. The molecule has 0 N–H and O–H groups in total. The summed E-state index contributed by atoms with van der Waals surface area (Å²) in [6.45, 7) is 0. The Morgan fingerprint density at radius 1 is 0.260 bits per heavy atom. The van der Waals surface area contributed by atoms with Gasteiger partial charge in [-0.1, -0.05) is 176 Å². The number of hydrogen-bond donors (Lipinski definition) is 0. The first-order valence-corrected chi connectivity index (χ1v) is 17.3. The molecule has 0 heterocycles. The first kappa shape index (κ1) is 29.7. The summed E-state index contributed by atoms with van der Waals surface area (Å²) in [6, 6.07) is 77.1. The van der Waals surface area contributed by atoms with Crippen LogP contribution in [0.15, 0.2) is 212 Å². The van der Waals surface area contributed by atoms with Gasteiger partial charge in [-0.15, -0.1) is 0 Å². The molecule has 0 amide bonds. The number of anilines is 3. The number of benzene rings is 8. The Morgan fingerprint density at radius 3 is 1.06 bits per heavy atom. The minimum atomic E-state index is -0.462. The van der Waals surface area contributed by atoms with E-state index in [9.17, 15) is 0 Å². The van der Waals surface area contributed by atoms with E-state index in [0.717, 1.165) is 17.1 Å². The Morgan fingerprint density at radius 2 is 0.580 bits per heavy atom. The second kappa shape index (κ2) is 12.5. The molecule has 0 unspecified atom stereocenters. The van der Waals surface area contributed by atoms with E-state index in [4.69, 9.17) is 0 Å². The number of para-hydroxylation sites is 1. The van der Waals surface area contributed by atoms with Gasteiger partial charge in [-0.05, 0) is 92.0 Å². The van der Waals surface area contributed by atoms with Gasteiger partial charge in [-0.25, -0.2) is 0 Å². The number of nitrogens with zero attached hydrogens (tertiary/aromatic N) is 1. The van der Waals surface area contributed by atoms with Crippen LogP contribution in [-0.4, -0.2) is 0 Å². The highest BCUT2D eigenvalue weighted by Gasteiger charge is 2.45. The van der Waals surface area contributed by atoms with Crippen molar-refractivity contribution in [3.8, 4) is 33.4 Å². The zero-order valence-electron chi connectivity index (χ0n) is 27.7. The summed E-state index contributed by atoms with van der Waals surface area (Å²) in [5, 5.41) is 0. The monoisotopic (exact) mass is 637 g/mol. The molecule has 0 aliphatic heterocycles. The highest BCUT2D eigenvalue weighted by atomic mass is 15.1. The molecule has 8 aromatic carbocycles. The Labute approximate surface area is 294 Å². The zero-order valence-corrected chi connectivity index (χ0v) is 27.7. The molecule has 236 valence electrons. The lowest BCUT2D eigenvalue weighted by Gasteiger charge is -2.34. The van der Waals surface area contributed by atoms with E-state index < -0.39 is 5.41 Å². The van der Waals surface area contributed by atoms with Gasteiger partial charge in [0, 0.05) is 17.1 Å². The lowest BCUT2D eigenvalue weighted by molar-refractivity contribution is 0.768. The molecule has 9 rings (SSSR count). The van der Waals surface area contributed by atoms with E-state index in [2.05, 4.69) is 217 Å². The smallest absolute Gasteiger partial charge is 0.0713 e. The maximum atomic E-state index is 2.34. The fourth-order valence-electron chi connectivity index (χ4n) is 7.89. The predicted molar refractivity (Wildman–Crippen MR) is 209 cm³/mol. The second-order valence-corrected chi connectivity index (χ2v) is 12.9. The molecule has 0 saturated heterocycles. The Hall–Kier alpha value is -6.44. The quantitative estimate of drug-likeness (QED) is 0.168. The molecule has 0 spiro atoms. The highest BCUT2D eigenvalue weighted by molar-refractivity contribution is 5.87. The van der Waals surface area contributed by atoms with E-state index in [0.29, 0.717) is 0 Å². The van der Waals surface area contributed by atoms with Crippen LogP contribution in [0.1, 0.15) is 22.3 Å². The van der Waals surface area contributed by atoms with Gasteiger partial charge in [0.25, 0.3) is 0 Å². The van der Waals surface area contributed by atoms with Crippen molar-refractivity contribution in [1.82, 2.24) is 0 Å². The van der Waals surface area contributed by atoms with Gasteiger partial charge < -0.3 is 4.90 Å². The van der Waals surface area contributed by atoms with E-state index >= 15 is 0 Å². The van der Waals surface area contributed by atoms with Crippen molar-refractivity contribution in [2.75, 3.05) is 4.90 Å². The third kappa shape index (κ3) is 4.95. The summed E-state index contributed by atoms with van der Waals surface area (Å²) in [5.74, 6) is 0. The maximum absolute atomic E-state index is 2.34. The van der Waals surface area contributed by atoms with Crippen LogP contribution in [0, 0.1) is 0 Å². The van der Waals surface area contributed by atoms with Crippen LogP contribution in [0.5, 0.6) is 0 Å². The first-order chi connectivity index (χ1) is 24.8. The van der Waals surface area contributed by atoms with Crippen LogP contribution >= 0.6 is 0 Å². The molecule has 50 heavy (non-hydrogen) atoms. The zero-order chi connectivity index (χ0) is 33.3. The van der Waals surface area contributed by atoms with Crippen LogP contribution < -0.4 is 4.90 Å². The van der Waals surface area contributed by atoms with E-state index in [1.165, 1.54) is 55.6 Å². The number of fused-ring (bicyclic) bond motifs is 3. The van der Waals surface area contributed by atoms with Crippen LogP contribution in [0.4, 0.5) is 17.1 Å². The lowest BCUT2D eigenvalue weighted by atomic mass is 9.67. The van der Waals surface area contributed by atoms with Crippen LogP contribution in [0.3, 0.4) is 0 Å². The normalized spacial score (nSPS) is 12.6. The van der Waals surface area contributed by atoms with Crippen LogP contribution in [0.2, 0.25) is 0 Å². The van der Waals surface area contributed by atoms with E-state index in [-0.39, 0.29) is 0 Å². The summed E-state index contributed by atoms with van der Waals surface area (Å²) >= 11 is 0. The molecule has 1 aliphatic carbocycles. The van der Waals surface area contributed by atoms with Crippen molar-refractivity contribution in [2.24, 2.45) is 0 Å². The number of hydrogen-bond acceptors (Lipinski definition) is 1. The van der Waals surface area contributed by atoms with Crippen LogP contribution in [-0.2, 0) is 5.41 Å². The summed E-state index contributed by atoms with van der Waals surface area (Å²) < 4.78 is 0. The van der Waals surface area contributed by atoms with Crippen molar-refractivity contribution in [1.29, 1.82) is 0 Å². The highest BCUT2D eigenvalue weighted by Crippen LogP contribution is 2.56. The van der Waals surface area contributed by atoms with Gasteiger partial charge >= 0.3 is 0 Å². The molecule has 0 saturated carbocycles. The van der Waals surface area contributed by atoms with Gasteiger partial charge in [0.1, 0.15) is 0 Å². The second-order valence-electron chi connectivity index (χ2n) is 12.9.